The highest BCUT2D eigenvalue weighted by atomic mass is 16.5. The molecule has 1 aromatic rings. The van der Waals surface area contributed by atoms with E-state index in [0.29, 0.717) is 18.7 Å². The molecule has 1 aliphatic rings. The molecule has 1 aliphatic heterocycles. The lowest BCUT2D eigenvalue weighted by Gasteiger charge is -2.16. The summed E-state index contributed by atoms with van der Waals surface area (Å²) in [5.41, 5.74) is 1.30. The van der Waals surface area contributed by atoms with Gasteiger partial charge in [-0.2, -0.15) is 0 Å². The average Bonchev–Trinajstić information content (AvgIpc) is 2.71. The van der Waals surface area contributed by atoms with E-state index in [0.717, 1.165) is 12.2 Å². The fourth-order valence-corrected chi connectivity index (χ4v) is 1.88. The van der Waals surface area contributed by atoms with Gasteiger partial charge in [0.25, 0.3) is 0 Å². The van der Waals surface area contributed by atoms with Crippen molar-refractivity contribution in [3.8, 4) is 0 Å². The maximum atomic E-state index is 11.8. The van der Waals surface area contributed by atoms with Gasteiger partial charge in [0.05, 0.1) is 12.2 Å². The number of urea groups is 1. The van der Waals surface area contributed by atoms with E-state index in [1.54, 1.807) is 48.0 Å². The van der Waals surface area contributed by atoms with Crippen LogP contribution in [0, 0.1) is 0 Å². The number of nitrogens with zero attached hydrogens (tertiary/aromatic N) is 2. The van der Waals surface area contributed by atoms with Crippen LogP contribution in [-0.4, -0.2) is 43.6 Å². The molecule has 18 heavy (non-hydrogen) atoms. The second-order valence-corrected chi connectivity index (χ2v) is 4.12. The van der Waals surface area contributed by atoms with Gasteiger partial charge in [0.15, 0.2) is 0 Å². The van der Waals surface area contributed by atoms with E-state index in [4.69, 9.17) is 4.74 Å². The van der Waals surface area contributed by atoms with Crippen molar-refractivity contribution in [2.45, 2.75) is 6.92 Å². The average molecular weight is 248 g/mol. The van der Waals surface area contributed by atoms with Crippen molar-refractivity contribution in [3.63, 3.8) is 0 Å². The smallest absolute Gasteiger partial charge is 0.338 e. The highest BCUT2D eigenvalue weighted by Gasteiger charge is 2.26. The number of benzene rings is 1. The number of hydrogen-bond acceptors (Lipinski definition) is 3. The van der Waals surface area contributed by atoms with Gasteiger partial charge in [0, 0.05) is 25.8 Å². The summed E-state index contributed by atoms with van der Waals surface area (Å²) < 4.78 is 4.90. The van der Waals surface area contributed by atoms with Gasteiger partial charge < -0.3 is 9.64 Å². The predicted octanol–water partition coefficient (Wildman–Crippen LogP) is 1.74. The fraction of sp³-hybridized carbons (Fsp3) is 0.385. The Morgan fingerprint density at radius 2 is 1.94 bits per heavy atom. The van der Waals surface area contributed by atoms with E-state index in [9.17, 15) is 9.59 Å². The van der Waals surface area contributed by atoms with Crippen molar-refractivity contribution in [1.82, 2.24) is 4.90 Å². The number of rotatable bonds is 3. The van der Waals surface area contributed by atoms with Gasteiger partial charge in [-0.15, -0.1) is 0 Å². The molecule has 0 aliphatic carbocycles. The largest absolute Gasteiger partial charge is 0.462 e. The Labute approximate surface area is 106 Å². The molecule has 5 nitrogen and oxygen atoms in total. The lowest BCUT2D eigenvalue weighted by Crippen LogP contribution is -2.29. The molecule has 0 aromatic heterocycles. The zero-order valence-electron chi connectivity index (χ0n) is 10.5. The van der Waals surface area contributed by atoms with E-state index in [2.05, 4.69) is 0 Å². The Morgan fingerprint density at radius 3 is 2.44 bits per heavy atom. The highest BCUT2D eigenvalue weighted by Crippen LogP contribution is 2.20. The lowest BCUT2D eigenvalue weighted by atomic mass is 10.2. The van der Waals surface area contributed by atoms with Crippen molar-refractivity contribution in [2.75, 3.05) is 31.6 Å². The van der Waals surface area contributed by atoms with Gasteiger partial charge in [0.2, 0.25) is 0 Å². The normalized spacial score (nSPS) is 15.1. The third-order valence-electron chi connectivity index (χ3n) is 2.91. The molecule has 0 unspecified atom stereocenters. The van der Waals surface area contributed by atoms with Gasteiger partial charge in [-0.3, -0.25) is 4.90 Å². The van der Waals surface area contributed by atoms with Crippen molar-refractivity contribution in [3.05, 3.63) is 29.8 Å². The van der Waals surface area contributed by atoms with Crippen molar-refractivity contribution < 1.29 is 14.3 Å². The maximum absolute atomic E-state index is 11.8. The summed E-state index contributed by atoms with van der Waals surface area (Å²) in [5, 5.41) is 0. The third-order valence-corrected chi connectivity index (χ3v) is 2.91. The summed E-state index contributed by atoms with van der Waals surface area (Å²) in [6.07, 6.45) is 0. The summed E-state index contributed by atoms with van der Waals surface area (Å²) in [6, 6.07) is 6.88. The number of esters is 1. The van der Waals surface area contributed by atoms with Crippen LogP contribution in [0.3, 0.4) is 0 Å². The first kappa shape index (κ1) is 12.4. The Kier molecular flexibility index (Phi) is 3.50. The number of amides is 2. The van der Waals surface area contributed by atoms with Gasteiger partial charge >= 0.3 is 12.0 Å². The molecule has 1 fully saturated rings. The van der Waals surface area contributed by atoms with Crippen molar-refractivity contribution >= 4 is 17.7 Å². The zero-order valence-corrected chi connectivity index (χ0v) is 10.5. The number of likely N-dealkylation sites (N-methyl/N-ethyl adjacent to an activating group) is 1. The van der Waals surface area contributed by atoms with Crippen LogP contribution >= 0.6 is 0 Å². The molecule has 2 rings (SSSR count). The van der Waals surface area contributed by atoms with Crippen LogP contribution in [0.1, 0.15) is 17.3 Å². The first-order chi connectivity index (χ1) is 8.63. The molecule has 5 heteroatoms. The molecule has 1 heterocycles. The molecule has 0 saturated carbocycles. The fourth-order valence-electron chi connectivity index (χ4n) is 1.88. The molecule has 1 saturated heterocycles. The minimum atomic E-state index is -0.339. The molecule has 0 radical (unpaired) electrons. The Balaban J connectivity index is 2.13. The Bertz CT molecular complexity index is 456. The van der Waals surface area contributed by atoms with Crippen LogP contribution in [0.5, 0.6) is 0 Å². The molecule has 0 bridgehead atoms. The van der Waals surface area contributed by atoms with E-state index in [-0.39, 0.29) is 12.0 Å². The lowest BCUT2D eigenvalue weighted by molar-refractivity contribution is 0.0526. The highest BCUT2D eigenvalue weighted by molar-refractivity contribution is 5.95. The third kappa shape index (κ3) is 2.30. The van der Waals surface area contributed by atoms with Gasteiger partial charge in [-0.05, 0) is 31.2 Å². The maximum Gasteiger partial charge on any atom is 0.338 e. The standard InChI is InChI=1S/C13H16N2O3/c1-3-18-12(16)10-4-6-11(7-5-10)15-9-8-14(2)13(15)17/h4-7H,3,8-9H2,1-2H3. The second kappa shape index (κ2) is 5.08. The first-order valence-electron chi connectivity index (χ1n) is 5.93. The van der Waals surface area contributed by atoms with E-state index < -0.39 is 0 Å². The molecule has 1 aromatic carbocycles. The molecule has 2 amide bonds. The van der Waals surface area contributed by atoms with Crippen LogP contribution in [-0.2, 0) is 4.74 Å². The molecule has 96 valence electrons. The van der Waals surface area contributed by atoms with Gasteiger partial charge in [-0.1, -0.05) is 0 Å². The van der Waals surface area contributed by atoms with Crippen molar-refractivity contribution in [1.29, 1.82) is 0 Å². The molecular formula is C13H16N2O3. The minimum Gasteiger partial charge on any atom is -0.462 e. The van der Waals surface area contributed by atoms with E-state index >= 15 is 0 Å². The van der Waals surface area contributed by atoms with E-state index in [1.165, 1.54) is 0 Å². The van der Waals surface area contributed by atoms with E-state index in [1.807, 2.05) is 0 Å². The minimum absolute atomic E-state index is 0.0149. The Hall–Kier alpha value is -2.04. The SMILES string of the molecule is CCOC(=O)c1ccc(N2CCN(C)C2=O)cc1. The van der Waals surface area contributed by atoms with Crippen molar-refractivity contribution in [2.24, 2.45) is 0 Å². The van der Waals surface area contributed by atoms with Crippen LogP contribution in [0.15, 0.2) is 24.3 Å². The zero-order chi connectivity index (χ0) is 13.1. The van der Waals surface area contributed by atoms with Crippen LogP contribution < -0.4 is 4.90 Å². The summed E-state index contributed by atoms with van der Waals surface area (Å²) in [5.74, 6) is -0.339. The van der Waals surface area contributed by atoms with Crippen LogP contribution in [0.2, 0.25) is 0 Å². The second-order valence-electron chi connectivity index (χ2n) is 4.12. The Morgan fingerprint density at radius 1 is 1.28 bits per heavy atom. The van der Waals surface area contributed by atoms with Crippen LogP contribution in [0.4, 0.5) is 10.5 Å². The molecule has 0 spiro atoms. The monoisotopic (exact) mass is 248 g/mol. The number of carbonyl (C=O) groups is 2. The number of anilines is 1. The summed E-state index contributed by atoms with van der Waals surface area (Å²) in [6.45, 7) is 3.52. The first-order valence-corrected chi connectivity index (χ1v) is 5.93. The molecule has 0 atom stereocenters. The number of carbonyl (C=O) groups excluding carboxylic acids is 2. The summed E-state index contributed by atoms with van der Waals surface area (Å²) >= 11 is 0. The summed E-state index contributed by atoms with van der Waals surface area (Å²) in [4.78, 5) is 26.6. The molecule has 0 N–H and O–H groups in total. The quantitative estimate of drug-likeness (QED) is 0.765. The van der Waals surface area contributed by atoms with Gasteiger partial charge in [-0.25, -0.2) is 9.59 Å². The van der Waals surface area contributed by atoms with Crippen LogP contribution in [0.25, 0.3) is 0 Å². The predicted molar refractivity (Wildman–Crippen MR) is 67.8 cm³/mol. The number of hydrogen-bond donors (Lipinski definition) is 0. The molecular weight excluding hydrogens is 232 g/mol. The van der Waals surface area contributed by atoms with Gasteiger partial charge in [0.1, 0.15) is 0 Å². The summed E-state index contributed by atoms with van der Waals surface area (Å²) in [7, 11) is 1.77. The topological polar surface area (TPSA) is 49.9 Å². The number of ether oxygens (including phenoxy) is 1.